The van der Waals surface area contributed by atoms with E-state index in [1.807, 2.05) is 30.3 Å². The fourth-order valence-corrected chi connectivity index (χ4v) is 2.92. The van der Waals surface area contributed by atoms with Crippen molar-refractivity contribution in [2.24, 2.45) is 0 Å². The molecule has 0 amide bonds. The minimum Gasteiger partial charge on any atom is -0.507 e. The number of epoxide rings is 2. The van der Waals surface area contributed by atoms with Crippen molar-refractivity contribution in [3.05, 3.63) is 47.5 Å². The lowest BCUT2D eigenvalue weighted by Gasteiger charge is -2.16. The zero-order chi connectivity index (χ0) is 15.1. The van der Waals surface area contributed by atoms with Crippen molar-refractivity contribution >= 4 is 5.69 Å². The number of aromatic hydroxyl groups is 1. The fraction of sp³-hybridized carbons (Fsp3) is 0.333. The highest BCUT2D eigenvalue weighted by Gasteiger charge is 2.29. The van der Waals surface area contributed by atoms with Gasteiger partial charge >= 0.3 is 0 Å². The summed E-state index contributed by atoms with van der Waals surface area (Å²) >= 11 is 0. The Morgan fingerprint density at radius 3 is 2.23 bits per heavy atom. The lowest BCUT2D eigenvalue weighted by molar-refractivity contribution is 0.401. The van der Waals surface area contributed by atoms with Crippen molar-refractivity contribution in [1.29, 1.82) is 0 Å². The summed E-state index contributed by atoms with van der Waals surface area (Å²) < 4.78 is 10.8. The molecule has 2 aliphatic heterocycles. The molecule has 4 rings (SSSR count). The van der Waals surface area contributed by atoms with Crippen molar-refractivity contribution in [2.75, 3.05) is 18.9 Å². The molecule has 0 spiro atoms. The lowest BCUT2D eigenvalue weighted by atomic mass is 9.89. The van der Waals surface area contributed by atoms with E-state index in [4.69, 9.17) is 15.2 Å². The zero-order valence-electron chi connectivity index (χ0n) is 12.3. The second-order valence-electron chi connectivity index (χ2n) is 6.04. The van der Waals surface area contributed by atoms with Crippen LogP contribution < -0.4 is 5.73 Å². The molecule has 2 unspecified atom stereocenters. The summed E-state index contributed by atoms with van der Waals surface area (Å²) in [5, 5.41) is 10.4. The third kappa shape index (κ3) is 2.80. The number of benzene rings is 2. The summed E-state index contributed by atoms with van der Waals surface area (Å²) in [5.41, 5.74) is 10.8. The van der Waals surface area contributed by atoms with Gasteiger partial charge < -0.3 is 20.3 Å². The van der Waals surface area contributed by atoms with Gasteiger partial charge in [-0.25, -0.2) is 0 Å². The number of ether oxygens (including phenoxy) is 2. The highest BCUT2D eigenvalue weighted by atomic mass is 16.6. The maximum atomic E-state index is 10.4. The molecule has 2 aliphatic rings. The van der Waals surface area contributed by atoms with Crippen molar-refractivity contribution < 1.29 is 14.6 Å². The SMILES string of the molecule is Nc1ccc(-c2c(O)ccc(CC3CO3)c2CC2CO2)cc1. The molecule has 0 saturated carbocycles. The normalized spacial score (nSPS) is 22.5. The second kappa shape index (κ2) is 5.30. The van der Waals surface area contributed by atoms with Gasteiger partial charge in [-0.05, 0) is 34.9 Å². The Kier molecular flexibility index (Phi) is 3.28. The Morgan fingerprint density at radius 2 is 1.59 bits per heavy atom. The molecule has 2 saturated heterocycles. The first-order chi connectivity index (χ1) is 10.7. The first kappa shape index (κ1) is 13.6. The van der Waals surface area contributed by atoms with Gasteiger partial charge in [0.1, 0.15) is 5.75 Å². The second-order valence-corrected chi connectivity index (χ2v) is 6.04. The Balaban J connectivity index is 1.80. The minimum atomic E-state index is 0.271. The van der Waals surface area contributed by atoms with Crippen molar-refractivity contribution in [1.82, 2.24) is 0 Å². The number of rotatable bonds is 5. The Bertz CT molecular complexity index is 688. The number of phenolic OH excluding ortho intramolecular Hbond substituents is 1. The maximum Gasteiger partial charge on any atom is 0.123 e. The summed E-state index contributed by atoms with van der Waals surface area (Å²) in [6.45, 7) is 1.63. The van der Waals surface area contributed by atoms with E-state index in [-0.39, 0.29) is 6.10 Å². The fourth-order valence-electron chi connectivity index (χ4n) is 2.92. The lowest BCUT2D eigenvalue weighted by Crippen LogP contribution is -2.05. The van der Waals surface area contributed by atoms with Gasteiger partial charge in [-0.3, -0.25) is 0 Å². The summed E-state index contributed by atoms with van der Waals surface area (Å²) in [5.74, 6) is 0.306. The van der Waals surface area contributed by atoms with Crippen LogP contribution in [0, 0.1) is 0 Å². The first-order valence-electron chi connectivity index (χ1n) is 7.63. The maximum absolute atomic E-state index is 10.4. The number of phenols is 1. The topological polar surface area (TPSA) is 71.3 Å². The third-order valence-corrected chi connectivity index (χ3v) is 4.27. The Labute approximate surface area is 129 Å². The molecule has 114 valence electrons. The predicted octanol–water partition coefficient (Wildman–Crippen LogP) is 2.52. The summed E-state index contributed by atoms with van der Waals surface area (Å²) in [6.07, 6.45) is 2.32. The van der Waals surface area contributed by atoms with Crippen molar-refractivity contribution in [2.45, 2.75) is 25.0 Å². The van der Waals surface area contributed by atoms with Gasteiger partial charge in [0.25, 0.3) is 0 Å². The van der Waals surface area contributed by atoms with Crippen molar-refractivity contribution in [3.8, 4) is 16.9 Å². The summed E-state index contributed by atoms with van der Waals surface area (Å²) in [7, 11) is 0. The van der Waals surface area contributed by atoms with E-state index in [1.165, 1.54) is 11.1 Å². The van der Waals surface area contributed by atoms with Crippen LogP contribution in [0.25, 0.3) is 11.1 Å². The molecule has 2 aromatic rings. The smallest absolute Gasteiger partial charge is 0.123 e. The standard InChI is InChI=1S/C18H19NO3/c19-13-4-1-11(2-5-13)18-16(8-15-10-22-15)12(3-6-17(18)20)7-14-9-21-14/h1-6,14-15,20H,7-10,19H2. The Hall–Kier alpha value is -2.04. The molecule has 2 aromatic carbocycles. The van der Waals surface area contributed by atoms with Crippen LogP contribution in [-0.2, 0) is 22.3 Å². The van der Waals surface area contributed by atoms with Gasteiger partial charge in [-0.2, -0.15) is 0 Å². The third-order valence-electron chi connectivity index (χ3n) is 4.27. The molecule has 4 nitrogen and oxygen atoms in total. The molecular weight excluding hydrogens is 278 g/mol. The van der Waals surface area contributed by atoms with Gasteiger partial charge in [0, 0.05) is 24.1 Å². The van der Waals surface area contributed by atoms with Crippen LogP contribution in [0.4, 0.5) is 5.69 Å². The van der Waals surface area contributed by atoms with E-state index in [1.54, 1.807) is 6.07 Å². The molecule has 0 aromatic heterocycles. The highest BCUT2D eigenvalue weighted by Crippen LogP contribution is 2.38. The molecule has 2 atom stereocenters. The number of hydrogen-bond acceptors (Lipinski definition) is 4. The first-order valence-corrected chi connectivity index (χ1v) is 7.63. The molecule has 2 heterocycles. The molecule has 0 radical (unpaired) electrons. The molecule has 22 heavy (non-hydrogen) atoms. The summed E-state index contributed by atoms with van der Waals surface area (Å²) in [4.78, 5) is 0. The average molecular weight is 297 g/mol. The van der Waals surface area contributed by atoms with E-state index in [9.17, 15) is 5.11 Å². The quantitative estimate of drug-likeness (QED) is 0.657. The Morgan fingerprint density at radius 1 is 0.955 bits per heavy atom. The van der Waals surface area contributed by atoms with Gasteiger partial charge in [0.05, 0.1) is 25.4 Å². The molecular formula is C18H19NO3. The van der Waals surface area contributed by atoms with Crippen molar-refractivity contribution in [3.63, 3.8) is 0 Å². The van der Waals surface area contributed by atoms with Crippen LogP contribution in [0.3, 0.4) is 0 Å². The molecule has 0 bridgehead atoms. The van der Waals surface area contributed by atoms with Gasteiger partial charge in [0.15, 0.2) is 0 Å². The summed E-state index contributed by atoms with van der Waals surface area (Å²) in [6, 6.07) is 11.4. The minimum absolute atomic E-state index is 0.271. The van der Waals surface area contributed by atoms with Gasteiger partial charge in [-0.1, -0.05) is 18.2 Å². The monoisotopic (exact) mass is 297 g/mol. The highest BCUT2D eigenvalue weighted by molar-refractivity contribution is 5.76. The van der Waals surface area contributed by atoms with E-state index >= 15 is 0 Å². The van der Waals surface area contributed by atoms with Crippen LogP contribution >= 0.6 is 0 Å². The van der Waals surface area contributed by atoms with E-state index in [2.05, 4.69) is 0 Å². The van der Waals surface area contributed by atoms with Crippen LogP contribution in [0.5, 0.6) is 5.75 Å². The average Bonchev–Trinajstić information content (AvgIpc) is 3.39. The van der Waals surface area contributed by atoms with Gasteiger partial charge in [-0.15, -0.1) is 0 Å². The van der Waals surface area contributed by atoms with E-state index in [0.717, 1.165) is 42.9 Å². The molecule has 2 fully saturated rings. The van der Waals surface area contributed by atoms with Crippen LogP contribution in [0.1, 0.15) is 11.1 Å². The zero-order valence-corrected chi connectivity index (χ0v) is 12.3. The largest absolute Gasteiger partial charge is 0.507 e. The number of nitrogens with two attached hydrogens (primary N) is 1. The van der Waals surface area contributed by atoms with Gasteiger partial charge in [0.2, 0.25) is 0 Å². The van der Waals surface area contributed by atoms with Crippen LogP contribution in [0.2, 0.25) is 0 Å². The molecule has 0 aliphatic carbocycles. The molecule has 4 heteroatoms. The number of nitrogen functional groups attached to an aromatic ring is 1. The van der Waals surface area contributed by atoms with E-state index < -0.39 is 0 Å². The van der Waals surface area contributed by atoms with Crippen LogP contribution in [-0.4, -0.2) is 30.5 Å². The predicted molar refractivity (Wildman–Crippen MR) is 84.8 cm³/mol. The number of anilines is 1. The molecule has 3 N–H and O–H groups in total. The van der Waals surface area contributed by atoms with E-state index in [0.29, 0.717) is 11.9 Å². The van der Waals surface area contributed by atoms with Crippen LogP contribution in [0.15, 0.2) is 36.4 Å². The number of hydrogen-bond donors (Lipinski definition) is 2.